The van der Waals surface area contributed by atoms with E-state index >= 15 is 0 Å². The van der Waals surface area contributed by atoms with E-state index in [2.05, 4.69) is 0 Å². The van der Waals surface area contributed by atoms with Crippen molar-refractivity contribution >= 4 is 5.91 Å². The second-order valence-corrected chi connectivity index (χ2v) is 8.40. The van der Waals surface area contributed by atoms with Crippen LogP contribution in [0.3, 0.4) is 0 Å². The molecule has 2 aromatic rings. The molecule has 0 saturated carbocycles. The maximum absolute atomic E-state index is 13.9. The van der Waals surface area contributed by atoms with Gasteiger partial charge in [-0.25, -0.2) is 8.78 Å². The molecule has 1 atom stereocenters. The van der Waals surface area contributed by atoms with E-state index in [9.17, 15) is 18.7 Å². The maximum atomic E-state index is 13.9. The Hall–Kier alpha value is -2.31. The molecule has 2 heterocycles. The molecule has 2 aliphatic rings. The molecule has 4 rings (SSSR count). The molecule has 0 spiro atoms. The summed E-state index contributed by atoms with van der Waals surface area (Å²) in [6.45, 7) is 2.04. The summed E-state index contributed by atoms with van der Waals surface area (Å²) in [6.07, 6.45) is 2.74. The van der Waals surface area contributed by atoms with Crippen LogP contribution in [0, 0.1) is 17.0 Å². The van der Waals surface area contributed by atoms with Crippen molar-refractivity contribution in [2.24, 2.45) is 5.41 Å². The number of carbonyl (C=O) groups is 1. The number of aliphatic hydroxyl groups excluding tert-OH is 1. The van der Waals surface area contributed by atoms with Gasteiger partial charge in [0, 0.05) is 26.3 Å². The van der Waals surface area contributed by atoms with Crippen LogP contribution < -0.4 is 0 Å². The van der Waals surface area contributed by atoms with E-state index in [1.165, 1.54) is 6.07 Å². The Labute approximate surface area is 175 Å². The first kappa shape index (κ1) is 20.9. The summed E-state index contributed by atoms with van der Waals surface area (Å²) in [7, 11) is 0. The van der Waals surface area contributed by atoms with Gasteiger partial charge in [-0.15, -0.1) is 0 Å². The van der Waals surface area contributed by atoms with Crippen LogP contribution in [-0.4, -0.2) is 48.3 Å². The van der Waals surface area contributed by atoms with Crippen molar-refractivity contribution < 1.29 is 23.4 Å². The number of amides is 1. The Morgan fingerprint density at radius 2 is 1.90 bits per heavy atom. The highest BCUT2D eigenvalue weighted by atomic mass is 19.2. The average molecular weight is 415 g/mol. The lowest BCUT2D eigenvalue weighted by Gasteiger charge is -2.42. The molecule has 2 aromatic carbocycles. The van der Waals surface area contributed by atoms with Crippen molar-refractivity contribution in [1.29, 1.82) is 0 Å². The summed E-state index contributed by atoms with van der Waals surface area (Å²) in [4.78, 5) is 15.4. The fraction of sp³-hybridized carbons (Fsp3) is 0.458. The number of piperidine rings is 1. The van der Waals surface area contributed by atoms with Gasteiger partial charge in [-0.1, -0.05) is 30.3 Å². The smallest absolute Gasteiger partial charge is 0.229 e. The second kappa shape index (κ2) is 8.82. The number of likely N-dealkylation sites (tertiary alicyclic amines) is 1. The van der Waals surface area contributed by atoms with Crippen molar-refractivity contribution in [2.45, 2.75) is 38.2 Å². The number of hydrogen-bond donors (Lipinski definition) is 1. The molecule has 0 aromatic heterocycles. The largest absolute Gasteiger partial charge is 0.391 e. The van der Waals surface area contributed by atoms with Crippen LogP contribution in [0.5, 0.6) is 0 Å². The second-order valence-electron chi connectivity index (χ2n) is 8.40. The van der Waals surface area contributed by atoms with E-state index < -0.39 is 23.2 Å². The Balaban J connectivity index is 1.67. The fourth-order valence-electron chi connectivity index (χ4n) is 4.69. The summed E-state index contributed by atoms with van der Waals surface area (Å²) in [5.74, 6) is -1.71. The molecule has 6 heteroatoms. The lowest BCUT2D eigenvalue weighted by Crippen LogP contribution is -2.52. The highest BCUT2D eigenvalue weighted by Crippen LogP contribution is 2.39. The minimum absolute atomic E-state index is 0.0599. The van der Waals surface area contributed by atoms with Gasteiger partial charge in [0.15, 0.2) is 11.6 Å². The monoisotopic (exact) mass is 415 g/mol. The first-order valence-corrected chi connectivity index (χ1v) is 10.6. The first-order valence-electron chi connectivity index (χ1n) is 10.6. The predicted molar refractivity (Wildman–Crippen MR) is 110 cm³/mol. The number of carbonyl (C=O) groups excluding carboxylic acids is 1. The zero-order valence-electron chi connectivity index (χ0n) is 16.9. The van der Waals surface area contributed by atoms with Gasteiger partial charge < -0.3 is 14.7 Å². The predicted octanol–water partition coefficient (Wildman–Crippen LogP) is 3.95. The topological polar surface area (TPSA) is 49.8 Å². The minimum Gasteiger partial charge on any atom is -0.391 e. The third-order valence-corrected chi connectivity index (χ3v) is 6.36. The van der Waals surface area contributed by atoms with Crippen molar-refractivity contribution in [1.82, 2.24) is 4.90 Å². The lowest BCUT2D eigenvalue weighted by molar-refractivity contribution is -0.151. The Kier molecular flexibility index (Phi) is 6.16. The van der Waals surface area contributed by atoms with Crippen molar-refractivity contribution in [3.05, 3.63) is 59.7 Å². The third kappa shape index (κ3) is 4.25. The van der Waals surface area contributed by atoms with Crippen molar-refractivity contribution in [3.63, 3.8) is 0 Å². The van der Waals surface area contributed by atoms with Crippen LogP contribution >= 0.6 is 0 Å². The zero-order chi connectivity index (χ0) is 21.1. The van der Waals surface area contributed by atoms with Crippen LogP contribution in [0.4, 0.5) is 8.78 Å². The molecular weight excluding hydrogens is 388 g/mol. The number of benzene rings is 2. The third-order valence-electron chi connectivity index (χ3n) is 6.36. The van der Waals surface area contributed by atoms with Crippen LogP contribution in [0.1, 0.15) is 31.2 Å². The number of halogens is 2. The van der Waals surface area contributed by atoms with Gasteiger partial charge in [0.2, 0.25) is 5.91 Å². The highest BCUT2D eigenvalue weighted by Gasteiger charge is 2.43. The number of nitrogens with zero attached hydrogens (tertiary/aromatic N) is 1. The van der Waals surface area contributed by atoms with Gasteiger partial charge in [0.25, 0.3) is 0 Å². The van der Waals surface area contributed by atoms with Crippen LogP contribution in [0.2, 0.25) is 0 Å². The number of hydrogen-bond acceptors (Lipinski definition) is 3. The number of rotatable bonds is 4. The van der Waals surface area contributed by atoms with Gasteiger partial charge in [-0.3, -0.25) is 4.79 Å². The molecule has 0 unspecified atom stereocenters. The molecule has 0 bridgehead atoms. The molecule has 30 heavy (non-hydrogen) atoms. The van der Waals surface area contributed by atoms with E-state index in [1.807, 2.05) is 24.3 Å². The number of β-amino-alcohol motifs (C(OH)–C–C–N with tert-alkyl or cyclic N) is 1. The Morgan fingerprint density at radius 1 is 1.13 bits per heavy atom. The quantitative estimate of drug-likeness (QED) is 0.823. The van der Waals surface area contributed by atoms with E-state index in [0.717, 1.165) is 30.0 Å². The van der Waals surface area contributed by atoms with Gasteiger partial charge in [0.05, 0.1) is 11.5 Å². The standard InChI is InChI=1S/C24H27F2NO3/c25-21-8-7-17(14-22(21)26)20-6-2-1-4-18(20)15-24(9-12-30-13-10-24)23(29)27-11-3-5-19(28)16-27/h1-2,4,6-8,14,19,28H,3,5,9-13,15-16H2/t19-/m1/s1. The molecule has 0 aliphatic carbocycles. The summed E-state index contributed by atoms with van der Waals surface area (Å²) in [5, 5.41) is 10.1. The molecule has 2 fully saturated rings. The normalized spacial score (nSPS) is 21.4. The zero-order valence-corrected chi connectivity index (χ0v) is 16.9. The minimum atomic E-state index is -0.888. The van der Waals surface area contributed by atoms with Crippen LogP contribution in [0.15, 0.2) is 42.5 Å². The van der Waals surface area contributed by atoms with E-state index in [-0.39, 0.29) is 5.91 Å². The molecule has 1 N–H and O–H groups in total. The molecule has 0 radical (unpaired) electrons. The molecule has 1 amide bonds. The van der Waals surface area contributed by atoms with Gasteiger partial charge in [-0.05, 0) is 60.9 Å². The molecule has 4 nitrogen and oxygen atoms in total. The van der Waals surface area contributed by atoms with E-state index in [4.69, 9.17) is 4.74 Å². The first-order chi connectivity index (χ1) is 14.5. The van der Waals surface area contributed by atoms with Crippen molar-refractivity contribution in [2.75, 3.05) is 26.3 Å². The van der Waals surface area contributed by atoms with Crippen LogP contribution in [-0.2, 0) is 16.0 Å². The number of ether oxygens (including phenoxy) is 1. The Morgan fingerprint density at radius 3 is 2.63 bits per heavy atom. The lowest BCUT2D eigenvalue weighted by atomic mass is 9.72. The SMILES string of the molecule is O=C(N1CCC[C@@H](O)C1)C1(Cc2ccccc2-c2ccc(F)c(F)c2)CCOCC1. The maximum Gasteiger partial charge on any atom is 0.229 e. The Bertz CT molecular complexity index is 911. The van der Waals surface area contributed by atoms with Gasteiger partial charge in [0.1, 0.15) is 0 Å². The molecule has 2 aliphatic heterocycles. The fourth-order valence-corrected chi connectivity index (χ4v) is 4.69. The average Bonchev–Trinajstić information content (AvgIpc) is 2.76. The highest BCUT2D eigenvalue weighted by molar-refractivity contribution is 5.84. The molecule has 2 saturated heterocycles. The summed E-state index contributed by atoms with van der Waals surface area (Å²) in [6, 6.07) is 11.5. The van der Waals surface area contributed by atoms with Gasteiger partial charge >= 0.3 is 0 Å². The summed E-state index contributed by atoms with van der Waals surface area (Å²) < 4.78 is 32.8. The summed E-state index contributed by atoms with van der Waals surface area (Å²) in [5.41, 5.74) is 1.70. The molecule has 160 valence electrons. The van der Waals surface area contributed by atoms with E-state index in [0.29, 0.717) is 51.1 Å². The van der Waals surface area contributed by atoms with Crippen molar-refractivity contribution in [3.8, 4) is 11.1 Å². The number of aliphatic hydroxyl groups is 1. The molecular formula is C24H27F2NO3. The van der Waals surface area contributed by atoms with E-state index in [1.54, 1.807) is 11.0 Å². The summed E-state index contributed by atoms with van der Waals surface area (Å²) >= 11 is 0. The van der Waals surface area contributed by atoms with Crippen LogP contribution in [0.25, 0.3) is 11.1 Å². The van der Waals surface area contributed by atoms with Gasteiger partial charge in [-0.2, -0.15) is 0 Å².